The highest BCUT2D eigenvalue weighted by Crippen LogP contribution is 2.19. The minimum Gasteiger partial charge on any atom is -0.391 e. The van der Waals surface area contributed by atoms with Crippen LogP contribution < -0.4 is 5.32 Å². The number of piperidine rings is 1. The molecule has 1 aromatic carbocycles. The molecule has 0 radical (unpaired) electrons. The molecule has 4 heteroatoms. The zero-order valence-electron chi connectivity index (χ0n) is 11.8. The minimum absolute atomic E-state index is 0.129. The zero-order chi connectivity index (χ0) is 14.0. The summed E-state index contributed by atoms with van der Waals surface area (Å²) in [7, 11) is 0. The number of hydrogen-bond donors (Lipinski definition) is 2. The Bertz CT molecular complexity index is 453. The molecule has 1 aliphatic rings. The lowest BCUT2D eigenvalue weighted by molar-refractivity contribution is 0.0464. The van der Waals surface area contributed by atoms with Crippen molar-refractivity contribution in [3.05, 3.63) is 29.3 Å². The average Bonchev–Trinajstić information content (AvgIpc) is 2.31. The van der Waals surface area contributed by atoms with Crippen LogP contribution in [-0.2, 0) is 0 Å². The molecular weight excluding hydrogens is 240 g/mol. The third-order valence-electron chi connectivity index (χ3n) is 3.68. The molecular formula is C15H22N2O2. The predicted molar refractivity (Wildman–Crippen MR) is 76.3 cm³/mol. The number of rotatable bonds is 1. The Morgan fingerprint density at radius 3 is 2.53 bits per heavy atom. The summed E-state index contributed by atoms with van der Waals surface area (Å²) in [4.78, 5) is 13.8. The normalized spacial score (nSPS) is 23.3. The second-order valence-corrected chi connectivity index (χ2v) is 5.59. The van der Waals surface area contributed by atoms with Gasteiger partial charge in [0.15, 0.2) is 0 Å². The molecule has 1 aliphatic heterocycles. The van der Waals surface area contributed by atoms with Gasteiger partial charge in [-0.15, -0.1) is 0 Å². The number of β-amino-alcohol motifs (C(OH)–C–C–N with tert-alkyl or cyclic N) is 1. The van der Waals surface area contributed by atoms with Gasteiger partial charge in [0.1, 0.15) is 0 Å². The summed E-state index contributed by atoms with van der Waals surface area (Å²) in [5.41, 5.74) is 3.07. The fourth-order valence-electron chi connectivity index (χ4n) is 2.48. The third-order valence-corrected chi connectivity index (χ3v) is 3.68. The Balaban J connectivity index is 2.01. The molecule has 1 fully saturated rings. The number of aliphatic hydroxyl groups excluding tert-OH is 1. The Morgan fingerprint density at radius 1 is 1.32 bits per heavy atom. The number of aliphatic hydroxyl groups is 1. The molecule has 2 rings (SSSR count). The number of nitrogens with zero attached hydrogens (tertiary/aromatic N) is 1. The second-order valence-electron chi connectivity index (χ2n) is 5.59. The molecule has 104 valence electrons. The van der Waals surface area contributed by atoms with Crippen molar-refractivity contribution < 1.29 is 9.90 Å². The quantitative estimate of drug-likeness (QED) is 0.817. The largest absolute Gasteiger partial charge is 0.391 e. The Morgan fingerprint density at radius 2 is 1.95 bits per heavy atom. The molecule has 0 saturated carbocycles. The molecule has 2 amide bonds. The highest BCUT2D eigenvalue weighted by molar-refractivity contribution is 5.89. The number of nitrogens with one attached hydrogen (secondary N) is 1. The van der Waals surface area contributed by atoms with E-state index >= 15 is 0 Å². The van der Waals surface area contributed by atoms with E-state index < -0.39 is 6.10 Å². The fraction of sp³-hybridized carbons (Fsp3) is 0.533. The summed E-state index contributed by atoms with van der Waals surface area (Å²) >= 11 is 0. The first-order valence-corrected chi connectivity index (χ1v) is 6.78. The number of benzene rings is 1. The third kappa shape index (κ3) is 3.47. The molecule has 4 nitrogen and oxygen atoms in total. The van der Waals surface area contributed by atoms with Crippen LogP contribution in [0.25, 0.3) is 0 Å². The van der Waals surface area contributed by atoms with Gasteiger partial charge in [0.2, 0.25) is 0 Å². The van der Waals surface area contributed by atoms with E-state index in [4.69, 9.17) is 0 Å². The first-order valence-electron chi connectivity index (χ1n) is 6.78. The van der Waals surface area contributed by atoms with Crippen molar-refractivity contribution in [2.24, 2.45) is 5.92 Å². The molecule has 0 spiro atoms. The number of likely N-dealkylation sites (tertiary alicyclic amines) is 1. The van der Waals surface area contributed by atoms with Crippen LogP contribution in [0.4, 0.5) is 10.5 Å². The van der Waals surface area contributed by atoms with Gasteiger partial charge < -0.3 is 15.3 Å². The van der Waals surface area contributed by atoms with Crippen LogP contribution in [0.3, 0.4) is 0 Å². The number of carbonyl (C=O) groups is 1. The van der Waals surface area contributed by atoms with Gasteiger partial charge in [0, 0.05) is 18.8 Å². The number of carbonyl (C=O) groups excluding carboxylic acids is 1. The maximum absolute atomic E-state index is 12.1. The van der Waals surface area contributed by atoms with Crippen molar-refractivity contribution >= 4 is 11.7 Å². The summed E-state index contributed by atoms with van der Waals surface area (Å²) in [5, 5.41) is 12.7. The van der Waals surface area contributed by atoms with Gasteiger partial charge in [0.25, 0.3) is 0 Å². The average molecular weight is 262 g/mol. The summed E-state index contributed by atoms with van der Waals surface area (Å²) in [6.07, 6.45) is 0.431. The van der Waals surface area contributed by atoms with Crippen molar-refractivity contribution in [3.63, 3.8) is 0 Å². The van der Waals surface area contributed by atoms with E-state index in [2.05, 4.69) is 11.4 Å². The minimum atomic E-state index is -0.418. The molecule has 2 atom stereocenters. The standard InChI is InChI=1S/C15H22N2O2/c1-10-6-11(2)8-13(7-10)16-15(19)17-5-4-12(3)14(18)9-17/h6-8,12,14,18H,4-5,9H2,1-3H3,(H,16,19). The SMILES string of the molecule is Cc1cc(C)cc(NC(=O)N2CCC(C)C(O)C2)c1. The molecule has 0 aromatic heterocycles. The smallest absolute Gasteiger partial charge is 0.321 e. The van der Waals surface area contributed by atoms with Gasteiger partial charge in [-0.1, -0.05) is 13.0 Å². The van der Waals surface area contributed by atoms with Gasteiger partial charge in [-0.2, -0.15) is 0 Å². The zero-order valence-corrected chi connectivity index (χ0v) is 11.8. The molecule has 2 N–H and O–H groups in total. The van der Waals surface area contributed by atoms with Crippen molar-refractivity contribution in [2.75, 3.05) is 18.4 Å². The summed E-state index contributed by atoms with van der Waals surface area (Å²) in [6, 6.07) is 5.85. The number of urea groups is 1. The van der Waals surface area contributed by atoms with Crippen molar-refractivity contribution in [3.8, 4) is 0 Å². The lowest BCUT2D eigenvalue weighted by Crippen LogP contribution is -2.47. The van der Waals surface area contributed by atoms with Gasteiger partial charge in [-0.3, -0.25) is 0 Å². The highest BCUT2D eigenvalue weighted by Gasteiger charge is 2.27. The topological polar surface area (TPSA) is 52.6 Å². The molecule has 0 aliphatic carbocycles. The Labute approximate surface area is 114 Å². The van der Waals surface area contributed by atoms with Crippen molar-refractivity contribution in [2.45, 2.75) is 33.3 Å². The number of aryl methyl sites for hydroxylation is 2. The highest BCUT2D eigenvalue weighted by atomic mass is 16.3. The van der Waals surface area contributed by atoms with Gasteiger partial charge in [-0.25, -0.2) is 4.79 Å². The van der Waals surface area contributed by atoms with Gasteiger partial charge >= 0.3 is 6.03 Å². The van der Waals surface area contributed by atoms with Crippen LogP contribution in [-0.4, -0.2) is 35.2 Å². The van der Waals surface area contributed by atoms with E-state index in [9.17, 15) is 9.90 Å². The van der Waals surface area contributed by atoms with Gasteiger partial charge in [0.05, 0.1) is 6.10 Å². The maximum atomic E-state index is 12.1. The predicted octanol–water partition coefficient (Wildman–Crippen LogP) is 2.54. The molecule has 1 aromatic rings. The molecule has 19 heavy (non-hydrogen) atoms. The van der Waals surface area contributed by atoms with Crippen LogP contribution in [0.5, 0.6) is 0 Å². The summed E-state index contributed by atoms with van der Waals surface area (Å²) in [5.74, 6) is 0.269. The van der Waals surface area contributed by atoms with Crippen LogP contribution in [0.15, 0.2) is 18.2 Å². The Kier molecular flexibility index (Phi) is 4.10. The monoisotopic (exact) mass is 262 g/mol. The first-order chi connectivity index (χ1) is 8.95. The van der Waals surface area contributed by atoms with E-state index in [-0.39, 0.29) is 11.9 Å². The van der Waals surface area contributed by atoms with Gasteiger partial charge in [-0.05, 0) is 49.4 Å². The van der Waals surface area contributed by atoms with Crippen LogP contribution in [0.1, 0.15) is 24.5 Å². The van der Waals surface area contributed by atoms with Crippen molar-refractivity contribution in [1.29, 1.82) is 0 Å². The van der Waals surface area contributed by atoms with Crippen LogP contribution in [0, 0.1) is 19.8 Å². The lowest BCUT2D eigenvalue weighted by Gasteiger charge is -2.34. The number of anilines is 1. The molecule has 1 saturated heterocycles. The second kappa shape index (κ2) is 5.61. The number of hydrogen-bond acceptors (Lipinski definition) is 2. The summed E-state index contributed by atoms with van der Waals surface area (Å²) in [6.45, 7) is 7.15. The maximum Gasteiger partial charge on any atom is 0.321 e. The van der Waals surface area contributed by atoms with Crippen LogP contribution >= 0.6 is 0 Å². The molecule has 0 bridgehead atoms. The lowest BCUT2D eigenvalue weighted by atomic mass is 9.96. The van der Waals surface area contributed by atoms with E-state index in [1.54, 1.807) is 4.90 Å². The van der Waals surface area contributed by atoms with E-state index in [0.29, 0.717) is 13.1 Å². The molecule has 2 unspecified atom stereocenters. The Hall–Kier alpha value is -1.55. The van der Waals surface area contributed by atoms with E-state index in [1.807, 2.05) is 32.9 Å². The van der Waals surface area contributed by atoms with Crippen molar-refractivity contribution in [1.82, 2.24) is 4.90 Å². The number of amides is 2. The summed E-state index contributed by atoms with van der Waals surface area (Å²) < 4.78 is 0. The molecule has 1 heterocycles. The van der Waals surface area contributed by atoms with E-state index in [0.717, 1.165) is 23.2 Å². The van der Waals surface area contributed by atoms with E-state index in [1.165, 1.54) is 0 Å². The fourth-order valence-corrected chi connectivity index (χ4v) is 2.48. The first kappa shape index (κ1) is 13.9. The van der Waals surface area contributed by atoms with Crippen LogP contribution in [0.2, 0.25) is 0 Å².